The summed E-state index contributed by atoms with van der Waals surface area (Å²) in [5.74, 6) is -0.626. The zero-order valence-electron chi connectivity index (χ0n) is 7.50. The lowest BCUT2D eigenvalue weighted by Gasteiger charge is -2.04. The van der Waals surface area contributed by atoms with Crippen molar-refractivity contribution in [1.82, 2.24) is 0 Å². The van der Waals surface area contributed by atoms with Crippen molar-refractivity contribution in [3.8, 4) is 5.75 Å². The Kier molecular flexibility index (Phi) is 2.74. The van der Waals surface area contributed by atoms with Crippen molar-refractivity contribution in [2.45, 2.75) is 0 Å². The topological polar surface area (TPSA) is 58.6 Å². The van der Waals surface area contributed by atoms with Crippen LogP contribution >= 0.6 is 0 Å². The van der Waals surface area contributed by atoms with E-state index in [1.807, 2.05) is 0 Å². The van der Waals surface area contributed by atoms with E-state index in [1.165, 1.54) is 19.2 Å². The van der Waals surface area contributed by atoms with Gasteiger partial charge in [0.05, 0.1) is 7.11 Å². The Bertz CT molecular complexity index is 323. The molecule has 0 bridgehead atoms. The van der Waals surface area contributed by atoms with E-state index in [4.69, 9.17) is 0 Å². The molecule has 0 unspecified atom stereocenters. The highest BCUT2D eigenvalue weighted by Gasteiger charge is 2.10. The fourth-order valence-corrected chi connectivity index (χ4v) is 0.970. The van der Waals surface area contributed by atoms with Crippen molar-refractivity contribution in [2.24, 2.45) is 0 Å². The Labute approximate surface area is 76.1 Å². The predicted molar refractivity (Wildman–Crippen MR) is 49.0 cm³/mol. The minimum absolute atomic E-state index is 0.0845. The Morgan fingerprint density at radius 1 is 1.54 bits per heavy atom. The highest BCUT2D eigenvalue weighted by Crippen LogP contribution is 2.21. The standard InChI is InChI=1S/C9H11NO3/c1-10-6-3-4-7(8(11)5-6)9(12)13-2/h3-5,10-11H,1-2H3. The van der Waals surface area contributed by atoms with E-state index >= 15 is 0 Å². The quantitative estimate of drug-likeness (QED) is 0.673. The van der Waals surface area contributed by atoms with E-state index < -0.39 is 5.97 Å². The van der Waals surface area contributed by atoms with Gasteiger partial charge >= 0.3 is 5.97 Å². The maximum absolute atomic E-state index is 11.0. The molecule has 4 nitrogen and oxygen atoms in total. The van der Waals surface area contributed by atoms with Crippen molar-refractivity contribution < 1.29 is 14.6 Å². The van der Waals surface area contributed by atoms with E-state index in [0.29, 0.717) is 0 Å². The molecule has 1 aromatic carbocycles. The molecule has 0 heterocycles. The second kappa shape index (κ2) is 3.80. The number of rotatable bonds is 2. The smallest absolute Gasteiger partial charge is 0.341 e. The Hall–Kier alpha value is -1.71. The number of nitrogens with one attached hydrogen (secondary N) is 1. The van der Waals surface area contributed by atoms with Gasteiger partial charge in [-0.1, -0.05) is 0 Å². The average molecular weight is 181 g/mol. The number of anilines is 1. The summed E-state index contributed by atoms with van der Waals surface area (Å²) in [7, 11) is 3.00. The molecular weight excluding hydrogens is 170 g/mol. The highest BCUT2D eigenvalue weighted by atomic mass is 16.5. The van der Waals surface area contributed by atoms with E-state index in [1.54, 1.807) is 13.1 Å². The molecular formula is C9H11NO3. The number of esters is 1. The predicted octanol–water partition coefficient (Wildman–Crippen LogP) is 1.22. The number of carbonyl (C=O) groups is 1. The maximum atomic E-state index is 11.0. The van der Waals surface area contributed by atoms with Gasteiger partial charge in [-0.25, -0.2) is 4.79 Å². The highest BCUT2D eigenvalue weighted by molar-refractivity contribution is 5.92. The van der Waals surface area contributed by atoms with Gasteiger partial charge < -0.3 is 15.2 Å². The zero-order valence-corrected chi connectivity index (χ0v) is 7.50. The molecule has 0 radical (unpaired) electrons. The average Bonchev–Trinajstić information content (AvgIpc) is 2.16. The first kappa shape index (κ1) is 9.38. The van der Waals surface area contributed by atoms with Gasteiger partial charge in [-0.15, -0.1) is 0 Å². The fourth-order valence-electron chi connectivity index (χ4n) is 0.970. The second-order valence-electron chi connectivity index (χ2n) is 2.47. The van der Waals surface area contributed by atoms with Crippen LogP contribution in [0.2, 0.25) is 0 Å². The van der Waals surface area contributed by atoms with Crippen molar-refractivity contribution in [1.29, 1.82) is 0 Å². The van der Waals surface area contributed by atoms with Gasteiger partial charge in [0.2, 0.25) is 0 Å². The molecule has 0 aliphatic rings. The number of hydrogen-bond acceptors (Lipinski definition) is 4. The van der Waals surface area contributed by atoms with Gasteiger partial charge in [-0.2, -0.15) is 0 Å². The van der Waals surface area contributed by atoms with Gasteiger partial charge in [0.15, 0.2) is 0 Å². The fraction of sp³-hybridized carbons (Fsp3) is 0.222. The molecule has 0 fully saturated rings. The molecule has 2 N–H and O–H groups in total. The lowest BCUT2D eigenvalue weighted by atomic mass is 10.2. The number of benzene rings is 1. The summed E-state index contributed by atoms with van der Waals surface area (Å²) in [6.45, 7) is 0. The van der Waals surface area contributed by atoms with Crippen molar-refractivity contribution in [3.05, 3.63) is 23.8 Å². The van der Waals surface area contributed by atoms with Crippen LogP contribution in [0.5, 0.6) is 5.75 Å². The maximum Gasteiger partial charge on any atom is 0.341 e. The van der Waals surface area contributed by atoms with Crippen LogP contribution < -0.4 is 5.32 Å². The molecule has 1 aromatic rings. The third kappa shape index (κ3) is 1.90. The van der Waals surface area contributed by atoms with E-state index in [-0.39, 0.29) is 11.3 Å². The number of ether oxygens (including phenoxy) is 1. The Morgan fingerprint density at radius 3 is 2.69 bits per heavy atom. The molecule has 0 aromatic heterocycles. The number of phenolic OH excluding ortho intramolecular Hbond substituents is 1. The summed E-state index contributed by atoms with van der Waals surface area (Å²) in [6, 6.07) is 4.66. The van der Waals surface area contributed by atoms with E-state index in [9.17, 15) is 9.90 Å². The first-order chi connectivity index (χ1) is 6.19. The Balaban J connectivity index is 3.05. The third-order valence-corrected chi connectivity index (χ3v) is 1.69. The largest absolute Gasteiger partial charge is 0.507 e. The third-order valence-electron chi connectivity index (χ3n) is 1.69. The Morgan fingerprint density at radius 2 is 2.23 bits per heavy atom. The molecule has 4 heteroatoms. The normalized spacial score (nSPS) is 9.38. The molecule has 1 rings (SSSR count). The summed E-state index contributed by atoms with van der Waals surface area (Å²) in [4.78, 5) is 11.0. The van der Waals surface area contributed by atoms with Crippen LogP contribution in [0.15, 0.2) is 18.2 Å². The van der Waals surface area contributed by atoms with Crippen molar-refractivity contribution in [3.63, 3.8) is 0 Å². The first-order valence-electron chi connectivity index (χ1n) is 3.78. The minimum atomic E-state index is -0.542. The number of hydrogen-bond donors (Lipinski definition) is 2. The number of phenols is 1. The van der Waals surface area contributed by atoms with Gasteiger partial charge in [0, 0.05) is 18.8 Å². The molecule has 0 saturated carbocycles. The van der Waals surface area contributed by atoms with Gasteiger partial charge in [0.25, 0.3) is 0 Å². The van der Waals surface area contributed by atoms with E-state index in [0.717, 1.165) is 5.69 Å². The first-order valence-corrected chi connectivity index (χ1v) is 3.78. The van der Waals surface area contributed by atoms with Crippen LogP contribution in [-0.2, 0) is 4.74 Å². The summed E-state index contributed by atoms with van der Waals surface area (Å²) >= 11 is 0. The van der Waals surface area contributed by atoms with Gasteiger partial charge in [-0.3, -0.25) is 0 Å². The van der Waals surface area contributed by atoms with Crippen LogP contribution in [0.1, 0.15) is 10.4 Å². The van der Waals surface area contributed by atoms with Gasteiger partial charge in [-0.05, 0) is 12.1 Å². The second-order valence-corrected chi connectivity index (χ2v) is 2.47. The summed E-state index contributed by atoms with van der Waals surface area (Å²) in [6.07, 6.45) is 0. The molecule has 0 aliphatic heterocycles. The van der Waals surface area contributed by atoms with Crippen LogP contribution in [0.4, 0.5) is 5.69 Å². The van der Waals surface area contributed by atoms with Crippen molar-refractivity contribution in [2.75, 3.05) is 19.5 Å². The summed E-state index contributed by atoms with van der Waals surface area (Å²) in [5.41, 5.74) is 0.909. The number of methoxy groups -OCH3 is 1. The SMILES string of the molecule is CNc1ccc(C(=O)OC)c(O)c1. The molecule has 70 valence electrons. The number of carbonyl (C=O) groups excluding carboxylic acids is 1. The van der Waals surface area contributed by atoms with Crippen LogP contribution in [0.25, 0.3) is 0 Å². The number of aromatic hydroxyl groups is 1. The molecule has 0 aliphatic carbocycles. The van der Waals surface area contributed by atoms with E-state index in [2.05, 4.69) is 10.1 Å². The molecule has 0 spiro atoms. The zero-order chi connectivity index (χ0) is 9.84. The molecule has 0 atom stereocenters. The summed E-state index contributed by atoms with van der Waals surface area (Å²) in [5, 5.41) is 12.2. The van der Waals surface area contributed by atoms with Crippen LogP contribution in [0.3, 0.4) is 0 Å². The molecule has 0 amide bonds. The van der Waals surface area contributed by atoms with Crippen LogP contribution in [-0.4, -0.2) is 25.2 Å². The lowest BCUT2D eigenvalue weighted by molar-refractivity contribution is 0.0597. The molecule has 13 heavy (non-hydrogen) atoms. The monoisotopic (exact) mass is 181 g/mol. The summed E-state index contributed by atoms with van der Waals surface area (Å²) < 4.78 is 4.47. The van der Waals surface area contributed by atoms with Gasteiger partial charge in [0.1, 0.15) is 11.3 Å². The molecule has 0 saturated heterocycles. The van der Waals surface area contributed by atoms with Crippen molar-refractivity contribution >= 4 is 11.7 Å². The van der Waals surface area contributed by atoms with Crippen LogP contribution in [0, 0.1) is 0 Å². The lowest BCUT2D eigenvalue weighted by Crippen LogP contribution is -2.01. The minimum Gasteiger partial charge on any atom is -0.507 e.